The third kappa shape index (κ3) is 3.08. The van der Waals surface area contributed by atoms with Gasteiger partial charge in [0.15, 0.2) is 0 Å². The van der Waals surface area contributed by atoms with Crippen LogP contribution in [0.1, 0.15) is 5.56 Å². The molecular weight excluding hydrogens is 189 g/mol. The van der Waals surface area contributed by atoms with E-state index in [2.05, 4.69) is 0 Å². The molecule has 0 amide bonds. The average molecular weight is 197 g/mol. The second-order valence-corrected chi connectivity index (χ2v) is 2.38. The Labute approximate surface area is 105 Å². The summed E-state index contributed by atoms with van der Waals surface area (Å²) in [6.07, 6.45) is 0.536. The van der Waals surface area contributed by atoms with Gasteiger partial charge in [-0.05, 0) is 17.7 Å². The first-order valence-corrected chi connectivity index (χ1v) is 3.68. The first-order chi connectivity index (χ1) is 6.31. The van der Waals surface area contributed by atoms with E-state index >= 15 is 0 Å². The molecule has 3 nitrogen and oxygen atoms in total. The van der Waals surface area contributed by atoms with E-state index in [-0.39, 0.29) is 35.1 Å². The van der Waals surface area contributed by atoms with Crippen molar-refractivity contribution in [3.8, 4) is 11.8 Å². The summed E-state index contributed by atoms with van der Waals surface area (Å²) >= 11 is 0. The van der Waals surface area contributed by atoms with E-state index in [0.29, 0.717) is 17.6 Å². The van der Waals surface area contributed by atoms with Crippen molar-refractivity contribution < 1.29 is 39.4 Å². The van der Waals surface area contributed by atoms with Crippen molar-refractivity contribution in [1.82, 2.24) is 0 Å². The molecule has 0 aliphatic carbocycles. The Kier molecular flexibility index (Phi) is 6.06. The third-order valence-corrected chi connectivity index (χ3v) is 1.62. The van der Waals surface area contributed by atoms with Crippen LogP contribution in [-0.2, 0) is 0 Å². The summed E-state index contributed by atoms with van der Waals surface area (Å²) in [6, 6.07) is 8.63. The Bertz CT molecular complexity index is 369. The van der Waals surface area contributed by atoms with Gasteiger partial charge in [0.05, 0.1) is 13.2 Å². The maximum Gasteiger partial charge on any atom is 1.00 e. The minimum atomic E-state index is 0. The number of benzene rings is 1. The van der Waals surface area contributed by atoms with Crippen LogP contribution < -0.4 is 39.4 Å². The molecule has 66 valence electrons. The van der Waals surface area contributed by atoms with Gasteiger partial charge >= 0.3 is 29.6 Å². The van der Waals surface area contributed by atoms with E-state index in [0.717, 1.165) is 0 Å². The van der Waals surface area contributed by atoms with E-state index in [1.807, 2.05) is 6.07 Å². The van der Waals surface area contributed by atoms with Crippen LogP contribution in [0.15, 0.2) is 30.5 Å². The standard InChI is InChI=1S/C10H9NO2.Na/c1-13-10-4-2-3-8(5-10)9(6-11)7-12;/h2-5,7,12H,1H3;/q;+1/p-1. The van der Waals surface area contributed by atoms with Crippen molar-refractivity contribution in [2.45, 2.75) is 0 Å². The fourth-order valence-electron chi connectivity index (χ4n) is 0.950. The minimum Gasteiger partial charge on any atom is -0.877 e. The second kappa shape index (κ2) is 6.50. The van der Waals surface area contributed by atoms with Crippen LogP contribution in [0.25, 0.3) is 5.57 Å². The van der Waals surface area contributed by atoms with Crippen LogP contribution in [0.5, 0.6) is 5.75 Å². The van der Waals surface area contributed by atoms with Gasteiger partial charge in [-0.15, -0.1) is 6.26 Å². The Morgan fingerprint density at radius 3 is 2.79 bits per heavy atom. The smallest absolute Gasteiger partial charge is 0.877 e. The van der Waals surface area contributed by atoms with E-state index in [1.54, 1.807) is 24.3 Å². The van der Waals surface area contributed by atoms with Gasteiger partial charge in [-0.2, -0.15) is 5.26 Å². The molecule has 0 bridgehead atoms. The van der Waals surface area contributed by atoms with Crippen LogP contribution in [0.3, 0.4) is 0 Å². The topological polar surface area (TPSA) is 56.1 Å². The molecule has 0 aliphatic rings. The number of hydrogen-bond acceptors (Lipinski definition) is 3. The van der Waals surface area contributed by atoms with E-state index in [4.69, 9.17) is 10.00 Å². The molecule has 0 aromatic heterocycles. The molecule has 0 unspecified atom stereocenters. The average Bonchev–Trinajstić information content (AvgIpc) is 2.20. The van der Waals surface area contributed by atoms with Gasteiger partial charge in [-0.3, -0.25) is 0 Å². The van der Waals surface area contributed by atoms with Gasteiger partial charge in [0.2, 0.25) is 0 Å². The maximum atomic E-state index is 10.4. The quantitative estimate of drug-likeness (QED) is 0.311. The molecule has 0 radical (unpaired) electrons. The zero-order valence-electron chi connectivity index (χ0n) is 8.15. The number of ether oxygens (including phenoxy) is 1. The summed E-state index contributed by atoms with van der Waals surface area (Å²) in [6.45, 7) is 0. The molecule has 0 saturated carbocycles. The Morgan fingerprint density at radius 1 is 1.57 bits per heavy atom. The molecule has 0 heterocycles. The van der Waals surface area contributed by atoms with Gasteiger partial charge in [0, 0.05) is 5.57 Å². The molecule has 0 aliphatic heterocycles. The molecule has 0 saturated heterocycles. The first-order valence-electron chi connectivity index (χ1n) is 3.68. The van der Waals surface area contributed by atoms with Crippen LogP contribution in [-0.4, -0.2) is 7.11 Å². The van der Waals surface area contributed by atoms with Gasteiger partial charge in [0.25, 0.3) is 0 Å². The third-order valence-electron chi connectivity index (χ3n) is 1.62. The van der Waals surface area contributed by atoms with Crippen molar-refractivity contribution in [1.29, 1.82) is 5.26 Å². The molecule has 0 spiro atoms. The molecule has 1 aromatic rings. The summed E-state index contributed by atoms with van der Waals surface area (Å²) in [5, 5.41) is 19.0. The molecule has 1 aromatic carbocycles. The molecule has 1 rings (SSSR count). The number of nitrogens with zero attached hydrogens (tertiary/aromatic N) is 1. The largest absolute Gasteiger partial charge is 1.00 e. The van der Waals surface area contributed by atoms with Crippen LogP contribution in [0, 0.1) is 11.3 Å². The van der Waals surface area contributed by atoms with E-state index < -0.39 is 0 Å². The molecule has 0 atom stereocenters. The van der Waals surface area contributed by atoms with E-state index in [9.17, 15) is 5.11 Å². The molecular formula is C10H8NNaO2. The number of allylic oxidation sites excluding steroid dienone is 1. The fourth-order valence-corrected chi connectivity index (χ4v) is 0.950. The van der Waals surface area contributed by atoms with Crippen LogP contribution >= 0.6 is 0 Å². The zero-order valence-corrected chi connectivity index (χ0v) is 10.2. The minimum absolute atomic E-state index is 0. The first kappa shape index (κ1) is 13.1. The van der Waals surface area contributed by atoms with Gasteiger partial charge < -0.3 is 9.84 Å². The maximum absolute atomic E-state index is 10.4. The van der Waals surface area contributed by atoms with Crippen molar-refractivity contribution in [3.05, 3.63) is 36.1 Å². The monoisotopic (exact) mass is 197 g/mol. The summed E-state index contributed by atoms with van der Waals surface area (Å²) in [5.41, 5.74) is 0.691. The number of nitriles is 1. The normalized spacial score (nSPS) is 9.86. The SMILES string of the molecule is COc1cccc(C(C#N)=C[O-])c1.[Na+]. The number of hydrogen-bond donors (Lipinski definition) is 0. The fraction of sp³-hybridized carbons (Fsp3) is 0.100. The van der Waals surface area contributed by atoms with Crippen molar-refractivity contribution in [2.24, 2.45) is 0 Å². The molecule has 4 heteroatoms. The number of rotatable bonds is 2. The summed E-state index contributed by atoms with van der Waals surface area (Å²) in [4.78, 5) is 0. The molecule has 14 heavy (non-hydrogen) atoms. The second-order valence-electron chi connectivity index (χ2n) is 2.38. The summed E-state index contributed by atoms with van der Waals surface area (Å²) in [7, 11) is 1.53. The molecule has 0 fully saturated rings. The van der Waals surface area contributed by atoms with Gasteiger partial charge in [-0.1, -0.05) is 12.1 Å². The predicted molar refractivity (Wildman–Crippen MR) is 46.6 cm³/mol. The Balaban J connectivity index is 0.00000169. The van der Waals surface area contributed by atoms with Crippen molar-refractivity contribution >= 4 is 5.57 Å². The van der Waals surface area contributed by atoms with Crippen molar-refractivity contribution in [2.75, 3.05) is 7.11 Å². The summed E-state index contributed by atoms with van der Waals surface area (Å²) in [5.74, 6) is 0.632. The van der Waals surface area contributed by atoms with Crippen molar-refractivity contribution in [3.63, 3.8) is 0 Å². The Hall–Kier alpha value is -0.950. The van der Waals surface area contributed by atoms with Gasteiger partial charge in [0.1, 0.15) is 5.75 Å². The van der Waals surface area contributed by atoms with Gasteiger partial charge in [-0.25, -0.2) is 0 Å². The Morgan fingerprint density at radius 2 is 2.29 bits per heavy atom. The van der Waals surface area contributed by atoms with Crippen LogP contribution in [0.2, 0.25) is 0 Å². The number of methoxy groups -OCH3 is 1. The molecule has 0 N–H and O–H groups in total. The zero-order chi connectivity index (χ0) is 9.68. The van der Waals surface area contributed by atoms with Crippen LogP contribution in [0.4, 0.5) is 0 Å². The van der Waals surface area contributed by atoms with E-state index in [1.165, 1.54) is 7.11 Å². The predicted octanol–water partition coefficient (Wildman–Crippen LogP) is -2.08. The summed E-state index contributed by atoms with van der Waals surface area (Å²) < 4.78 is 4.96.